The van der Waals surface area contributed by atoms with Crippen molar-refractivity contribution in [1.29, 1.82) is 0 Å². The molecule has 186 valence electrons. The Hall–Kier alpha value is -2.95. The first kappa shape index (κ1) is 24.7. The minimum atomic E-state index is -0.256. The van der Waals surface area contributed by atoms with Crippen LogP contribution < -0.4 is 15.7 Å². The molecule has 4 aromatic rings. The third-order valence-corrected chi connectivity index (χ3v) is 9.03. The Bertz CT molecular complexity index is 1470. The van der Waals surface area contributed by atoms with Gasteiger partial charge in [0.25, 0.3) is 11.5 Å². The standard InChI is InChI=1S/C26H26N4O3S3/c1-3-33-18-12-10-17(11-13-18)30-25(32)23-19-7-4-5-8-21(19)36-24(23)27-26(30)35-15-22(31)29-28-16(2)20-9-6-14-34-20/h6,9-14H,3-5,7-8,15H2,1-2H3,(H,29,31). The highest BCUT2D eigenvalue weighted by Gasteiger charge is 2.23. The van der Waals surface area contributed by atoms with Crippen LogP contribution in [0.4, 0.5) is 0 Å². The second-order valence-corrected chi connectivity index (χ2v) is 11.3. The van der Waals surface area contributed by atoms with Crippen molar-refractivity contribution in [3.05, 3.63) is 67.4 Å². The molecule has 0 atom stereocenters. The van der Waals surface area contributed by atoms with Crippen LogP contribution in [0, 0.1) is 0 Å². The minimum absolute atomic E-state index is 0.0846. The van der Waals surface area contributed by atoms with Gasteiger partial charge in [-0.15, -0.1) is 22.7 Å². The molecule has 3 aromatic heterocycles. The third kappa shape index (κ3) is 5.11. The Morgan fingerprint density at radius 3 is 2.78 bits per heavy atom. The van der Waals surface area contributed by atoms with Gasteiger partial charge in [-0.3, -0.25) is 14.2 Å². The minimum Gasteiger partial charge on any atom is -0.494 e. The molecule has 0 saturated heterocycles. The van der Waals surface area contributed by atoms with Crippen molar-refractivity contribution in [2.75, 3.05) is 12.4 Å². The molecule has 0 unspecified atom stereocenters. The molecule has 1 aromatic carbocycles. The molecule has 10 heteroatoms. The summed E-state index contributed by atoms with van der Waals surface area (Å²) in [7, 11) is 0. The number of aromatic nitrogens is 2. The fourth-order valence-electron chi connectivity index (χ4n) is 4.22. The van der Waals surface area contributed by atoms with E-state index in [9.17, 15) is 9.59 Å². The monoisotopic (exact) mass is 538 g/mol. The van der Waals surface area contributed by atoms with Crippen LogP contribution in [-0.4, -0.2) is 33.5 Å². The average Bonchev–Trinajstić information content (AvgIpc) is 3.55. The van der Waals surface area contributed by atoms with Gasteiger partial charge < -0.3 is 4.74 Å². The summed E-state index contributed by atoms with van der Waals surface area (Å²) in [6.07, 6.45) is 4.13. The summed E-state index contributed by atoms with van der Waals surface area (Å²) < 4.78 is 7.19. The zero-order valence-corrected chi connectivity index (χ0v) is 22.5. The number of benzene rings is 1. The van der Waals surface area contributed by atoms with Crippen molar-refractivity contribution in [3.8, 4) is 11.4 Å². The van der Waals surface area contributed by atoms with E-state index in [0.717, 1.165) is 52.4 Å². The van der Waals surface area contributed by atoms with E-state index in [0.29, 0.717) is 22.8 Å². The van der Waals surface area contributed by atoms with Gasteiger partial charge in [-0.1, -0.05) is 17.8 Å². The summed E-state index contributed by atoms with van der Waals surface area (Å²) in [4.78, 5) is 34.3. The number of hydrazone groups is 1. The van der Waals surface area contributed by atoms with E-state index >= 15 is 0 Å². The molecule has 1 amide bonds. The fraction of sp³-hybridized carbons (Fsp3) is 0.308. The van der Waals surface area contributed by atoms with Gasteiger partial charge in [0, 0.05) is 9.75 Å². The maximum Gasteiger partial charge on any atom is 0.267 e. The molecule has 1 aliphatic carbocycles. The molecular weight excluding hydrogens is 513 g/mol. The summed E-state index contributed by atoms with van der Waals surface area (Å²) in [6.45, 7) is 4.36. The van der Waals surface area contributed by atoms with Crippen LogP contribution in [0.25, 0.3) is 15.9 Å². The molecule has 0 aliphatic heterocycles. The van der Waals surface area contributed by atoms with Crippen LogP contribution in [0.5, 0.6) is 5.75 Å². The second-order valence-electron chi connectivity index (χ2n) is 8.35. The number of hydrogen-bond acceptors (Lipinski definition) is 8. The highest BCUT2D eigenvalue weighted by molar-refractivity contribution is 7.99. The Kier molecular flexibility index (Phi) is 7.54. The van der Waals surface area contributed by atoms with Gasteiger partial charge in [0.15, 0.2) is 5.16 Å². The average molecular weight is 539 g/mol. The zero-order valence-electron chi connectivity index (χ0n) is 20.1. The van der Waals surface area contributed by atoms with Gasteiger partial charge in [-0.05, 0) is 80.8 Å². The smallest absolute Gasteiger partial charge is 0.267 e. The van der Waals surface area contributed by atoms with Gasteiger partial charge in [0.2, 0.25) is 0 Å². The Labute approximate surface area is 221 Å². The normalized spacial score (nSPS) is 13.6. The van der Waals surface area contributed by atoms with Crippen LogP contribution in [-0.2, 0) is 17.6 Å². The highest BCUT2D eigenvalue weighted by atomic mass is 32.2. The molecule has 0 fully saturated rings. The lowest BCUT2D eigenvalue weighted by Gasteiger charge is -2.14. The van der Waals surface area contributed by atoms with E-state index in [1.54, 1.807) is 27.2 Å². The molecule has 5 rings (SSSR count). The van der Waals surface area contributed by atoms with Gasteiger partial charge in [-0.2, -0.15) is 5.10 Å². The number of fused-ring (bicyclic) bond motifs is 3. The van der Waals surface area contributed by atoms with Crippen molar-refractivity contribution in [1.82, 2.24) is 15.0 Å². The first-order valence-electron chi connectivity index (χ1n) is 11.9. The quantitative estimate of drug-likeness (QED) is 0.140. The van der Waals surface area contributed by atoms with Gasteiger partial charge in [0.05, 0.1) is 29.1 Å². The first-order chi connectivity index (χ1) is 17.5. The van der Waals surface area contributed by atoms with E-state index < -0.39 is 0 Å². The second kappa shape index (κ2) is 11.0. The Morgan fingerprint density at radius 2 is 2.03 bits per heavy atom. The number of carbonyl (C=O) groups is 1. The van der Waals surface area contributed by atoms with Crippen molar-refractivity contribution in [2.45, 2.75) is 44.7 Å². The number of thiophene rings is 2. The Balaban J connectivity index is 1.47. The predicted octanol–water partition coefficient (Wildman–Crippen LogP) is 5.42. The van der Waals surface area contributed by atoms with Gasteiger partial charge in [-0.25, -0.2) is 10.4 Å². The summed E-state index contributed by atoms with van der Waals surface area (Å²) in [5, 5.41) is 7.39. The molecular formula is C26H26N4O3S3. The topological polar surface area (TPSA) is 85.6 Å². The molecule has 0 saturated carbocycles. The largest absolute Gasteiger partial charge is 0.494 e. The molecule has 7 nitrogen and oxygen atoms in total. The molecule has 1 aliphatic rings. The van der Waals surface area contributed by atoms with Crippen molar-refractivity contribution in [2.24, 2.45) is 5.10 Å². The van der Waals surface area contributed by atoms with Crippen LogP contribution in [0.15, 0.2) is 56.8 Å². The lowest BCUT2D eigenvalue weighted by Crippen LogP contribution is -2.24. The lowest BCUT2D eigenvalue weighted by atomic mass is 9.97. The maximum absolute atomic E-state index is 13.8. The molecule has 3 heterocycles. The van der Waals surface area contributed by atoms with E-state index in [2.05, 4.69) is 10.5 Å². The lowest BCUT2D eigenvalue weighted by molar-refractivity contribution is -0.118. The number of thioether (sulfide) groups is 1. The number of ether oxygens (including phenoxy) is 1. The molecule has 0 spiro atoms. The number of nitrogens with one attached hydrogen (secondary N) is 1. The van der Waals surface area contributed by atoms with Crippen LogP contribution in [0.3, 0.4) is 0 Å². The highest BCUT2D eigenvalue weighted by Crippen LogP contribution is 2.35. The number of amides is 1. The van der Waals surface area contributed by atoms with Gasteiger partial charge in [0.1, 0.15) is 10.6 Å². The number of rotatable bonds is 8. The van der Waals surface area contributed by atoms with E-state index in [1.807, 2.05) is 55.6 Å². The Morgan fingerprint density at radius 1 is 1.22 bits per heavy atom. The van der Waals surface area contributed by atoms with Crippen LogP contribution in [0.2, 0.25) is 0 Å². The molecule has 1 N–H and O–H groups in total. The molecule has 0 radical (unpaired) electrons. The van der Waals surface area contributed by atoms with Crippen LogP contribution in [0.1, 0.15) is 42.0 Å². The van der Waals surface area contributed by atoms with Crippen LogP contribution >= 0.6 is 34.4 Å². The number of carbonyl (C=O) groups excluding carboxylic acids is 1. The molecule has 0 bridgehead atoms. The van der Waals surface area contributed by atoms with Gasteiger partial charge >= 0.3 is 0 Å². The summed E-state index contributed by atoms with van der Waals surface area (Å²) in [5.41, 5.74) is 5.12. The SMILES string of the molecule is CCOc1ccc(-n2c(SCC(=O)NN=C(C)c3cccs3)nc3sc4c(c3c2=O)CCCC4)cc1. The number of hydrogen-bond donors (Lipinski definition) is 1. The predicted molar refractivity (Wildman–Crippen MR) is 148 cm³/mol. The fourth-order valence-corrected chi connectivity index (χ4v) is 7.00. The zero-order chi connectivity index (χ0) is 25.1. The van der Waals surface area contributed by atoms with Crippen molar-refractivity contribution >= 4 is 56.3 Å². The van der Waals surface area contributed by atoms with Crippen molar-refractivity contribution < 1.29 is 9.53 Å². The third-order valence-electron chi connectivity index (χ3n) is 5.92. The number of nitrogens with zero attached hydrogens (tertiary/aromatic N) is 3. The van der Waals surface area contributed by atoms with Crippen molar-refractivity contribution in [3.63, 3.8) is 0 Å². The summed E-state index contributed by atoms with van der Waals surface area (Å²) >= 11 is 4.41. The summed E-state index contributed by atoms with van der Waals surface area (Å²) in [5.74, 6) is 0.569. The molecule has 36 heavy (non-hydrogen) atoms. The first-order valence-corrected chi connectivity index (χ1v) is 14.5. The number of aryl methyl sites for hydroxylation is 2. The maximum atomic E-state index is 13.8. The van der Waals surface area contributed by atoms with E-state index in [4.69, 9.17) is 9.72 Å². The van der Waals surface area contributed by atoms with E-state index in [-0.39, 0.29) is 17.2 Å². The summed E-state index contributed by atoms with van der Waals surface area (Å²) in [6, 6.07) is 11.3. The van der Waals surface area contributed by atoms with E-state index in [1.165, 1.54) is 16.6 Å².